The first-order chi connectivity index (χ1) is 15.5. The van der Waals surface area contributed by atoms with E-state index >= 15 is 0 Å². The first-order valence-electron chi connectivity index (χ1n) is 10.6. The Hall–Kier alpha value is -2.81. The third-order valence-electron chi connectivity index (χ3n) is 5.68. The summed E-state index contributed by atoms with van der Waals surface area (Å²) < 4.78 is 10.6. The zero-order valence-corrected chi connectivity index (χ0v) is 18.4. The number of nitrogens with one attached hydrogen (secondary N) is 1. The fourth-order valence-electron chi connectivity index (χ4n) is 3.98. The van der Waals surface area contributed by atoms with Gasteiger partial charge in [-0.05, 0) is 29.8 Å². The number of hydrogen-bond acceptors (Lipinski definition) is 6. The summed E-state index contributed by atoms with van der Waals surface area (Å²) in [6.45, 7) is 4.50. The fourth-order valence-corrected chi connectivity index (χ4v) is 4.19. The van der Waals surface area contributed by atoms with Crippen molar-refractivity contribution in [1.29, 1.82) is 0 Å². The second-order valence-corrected chi connectivity index (χ2v) is 8.50. The Morgan fingerprint density at radius 1 is 1.03 bits per heavy atom. The number of carbonyl (C=O) groups excluding carboxylic acids is 1. The van der Waals surface area contributed by atoms with Crippen LogP contribution in [-0.4, -0.2) is 66.3 Å². The number of fused-ring (bicyclic) bond motifs is 1. The normalized spacial score (nSPS) is 17.2. The van der Waals surface area contributed by atoms with Gasteiger partial charge in [0.05, 0.1) is 5.92 Å². The van der Waals surface area contributed by atoms with Crippen molar-refractivity contribution < 1.29 is 24.2 Å². The van der Waals surface area contributed by atoms with Gasteiger partial charge in [-0.25, -0.2) is 0 Å². The number of amides is 1. The first kappa shape index (κ1) is 22.4. The predicted molar refractivity (Wildman–Crippen MR) is 120 cm³/mol. The molecule has 0 bridgehead atoms. The molecule has 0 saturated carbocycles. The summed E-state index contributed by atoms with van der Waals surface area (Å²) in [7, 11) is 0. The van der Waals surface area contributed by atoms with E-state index in [-0.39, 0.29) is 19.1 Å². The molecule has 8 nitrogen and oxygen atoms in total. The molecular formula is C23H26ClN3O5. The Morgan fingerprint density at radius 3 is 2.53 bits per heavy atom. The third-order valence-corrected chi connectivity index (χ3v) is 5.91. The van der Waals surface area contributed by atoms with Gasteiger partial charge in [0, 0.05) is 62.5 Å². The van der Waals surface area contributed by atoms with Crippen LogP contribution in [-0.2, 0) is 16.1 Å². The highest BCUT2D eigenvalue weighted by molar-refractivity contribution is 6.30. The van der Waals surface area contributed by atoms with Crippen molar-refractivity contribution in [3.05, 3.63) is 53.1 Å². The summed E-state index contributed by atoms with van der Waals surface area (Å²) in [5, 5.41) is 13.1. The minimum absolute atomic E-state index is 0.0908. The Morgan fingerprint density at radius 2 is 1.78 bits per heavy atom. The van der Waals surface area contributed by atoms with Crippen molar-refractivity contribution >= 4 is 29.2 Å². The lowest BCUT2D eigenvalue weighted by atomic mass is 10.0. The van der Waals surface area contributed by atoms with Gasteiger partial charge in [-0.3, -0.25) is 19.4 Å². The van der Waals surface area contributed by atoms with Crippen LogP contribution in [0.25, 0.3) is 0 Å². The maximum Gasteiger partial charge on any atom is 0.308 e. The van der Waals surface area contributed by atoms with Gasteiger partial charge in [-0.15, -0.1) is 0 Å². The van der Waals surface area contributed by atoms with Gasteiger partial charge in [0.15, 0.2) is 11.5 Å². The van der Waals surface area contributed by atoms with E-state index in [1.54, 1.807) is 18.2 Å². The number of benzene rings is 2. The zero-order chi connectivity index (χ0) is 22.5. The van der Waals surface area contributed by atoms with E-state index in [0.717, 1.165) is 43.3 Å². The summed E-state index contributed by atoms with van der Waals surface area (Å²) >= 11 is 6.06. The monoisotopic (exact) mass is 459 g/mol. The number of ether oxygens (including phenoxy) is 2. The summed E-state index contributed by atoms with van der Waals surface area (Å²) in [4.78, 5) is 28.7. The van der Waals surface area contributed by atoms with Crippen LogP contribution in [0.3, 0.4) is 0 Å². The minimum atomic E-state index is -0.966. The van der Waals surface area contributed by atoms with Crippen molar-refractivity contribution in [3.63, 3.8) is 0 Å². The predicted octanol–water partition coefficient (Wildman–Crippen LogP) is 2.92. The van der Waals surface area contributed by atoms with Gasteiger partial charge in [-0.2, -0.15) is 0 Å². The largest absolute Gasteiger partial charge is 0.481 e. The number of carboxylic acids is 1. The molecule has 0 aromatic heterocycles. The summed E-state index contributed by atoms with van der Waals surface area (Å²) in [5.41, 5.74) is 1.72. The Labute approximate surface area is 191 Å². The number of carboxylic acid groups (broad SMARTS) is 1. The van der Waals surface area contributed by atoms with E-state index in [1.165, 1.54) is 0 Å². The van der Waals surface area contributed by atoms with Crippen molar-refractivity contribution in [1.82, 2.24) is 9.80 Å². The molecule has 1 saturated heterocycles. The number of rotatable bonds is 8. The number of aliphatic carboxylic acids is 1. The highest BCUT2D eigenvalue weighted by Gasteiger charge is 2.27. The molecule has 170 valence electrons. The lowest BCUT2D eigenvalue weighted by Gasteiger charge is -2.35. The van der Waals surface area contributed by atoms with E-state index < -0.39 is 11.9 Å². The molecule has 2 aromatic rings. The second-order valence-electron chi connectivity index (χ2n) is 8.06. The first-order valence-corrected chi connectivity index (χ1v) is 11.0. The van der Waals surface area contributed by atoms with Gasteiger partial charge in [-0.1, -0.05) is 23.7 Å². The highest BCUT2D eigenvalue weighted by Crippen LogP contribution is 2.34. The molecule has 2 N–H and O–H groups in total. The molecule has 1 atom stereocenters. The van der Waals surface area contributed by atoms with Crippen LogP contribution in [0.1, 0.15) is 12.0 Å². The van der Waals surface area contributed by atoms with Gasteiger partial charge in [0.1, 0.15) is 0 Å². The maximum atomic E-state index is 12.5. The van der Waals surface area contributed by atoms with Gasteiger partial charge < -0.3 is 19.9 Å². The fraction of sp³-hybridized carbons (Fsp3) is 0.391. The standard InChI is InChI=1S/C23H26ClN3O5/c24-18-3-1-2-16(10-18)13-26-6-8-27(9-7-26)14-17(23(29)30)11-22(28)25-19-4-5-20-21(12-19)32-15-31-20/h1-5,10,12,17H,6-9,11,13-15H2,(H,25,28)(H,29,30)/t17-/m0/s1. The van der Waals surface area contributed by atoms with Gasteiger partial charge in [0.25, 0.3) is 0 Å². The van der Waals surface area contributed by atoms with Crippen molar-refractivity contribution in [3.8, 4) is 11.5 Å². The van der Waals surface area contributed by atoms with Crippen molar-refractivity contribution in [2.45, 2.75) is 13.0 Å². The molecule has 2 aliphatic rings. The number of hydrogen-bond donors (Lipinski definition) is 2. The molecule has 1 amide bonds. The molecule has 0 aliphatic carbocycles. The summed E-state index contributed by atoms with van der Waals surface area (Å²) in [6, 6.07) is 12.9. The quantitative estimate of drug-likeness (QED) is 0.627. The average molecular weight is 460 g/mol. The van der Waals surface area contributed by atoms with Crippen LogP contribution < -0.4 is 14.8 Å². The number of nitrogens with zero attached hydrogens (tertiary/aromatic N) is 2. The summed E-state index contributed by atoms with van der Waals surface area (Å²) in [6.07, 6.45) is -0.0908. The molecule has 0 spiro atoms. The van der Waals surface area contributed by atoms with Crippen LogP contribution in [0.15, 0.2) is 42.5 Å². The number of halogens is 1. The smallest absolute Gasteiger partial charge is 0.308 e. The Kier molecular flexibility index (Phi) is 7.14. The van der Waals surface area contributed by atoms with E-state index in [9.17, 15) is 14.7 Å². The molecule has 4 rings (SSSR count). The van der Waals surface area contributed by atoms with E-state index in [1.807, 2.05) is 18.2 Å². The molecule has 2 aromatic carbocycles. The molecular weight excluding hydrogens is 434 g/mol. The highest BCUT2D eigenvalue weighted by atomic mass is 35.5. The Balaban J connectivity index is 1.25. The molecule has 0 radical (unpaired) electrons. The number of carbonyl (C=O) groups is 2. The second kappa shape index (κ2) is 10.2. The minimum Gasteiger partial charge on any atom is -0.481 e. The molecule has 32 heavy (non-hydrogen) atoms. The topological polar surface area (TPSA) is 91.3 Å². The lowest BCUT2D eigenvalue weighted by Crippen LogP contribution is -2.48. The van der Waals surface area contributed by atoms with Gasteiger partial charge >= 0.3 is 5.97 Å². The average Bonchev–Trinajstić information content (AvgIpc) is 3.22. The molecule has 0 unspecified atom stereocenters. The van der Waals surface area contributed by atoms with E-state index in [4.69, 9.17) is 21.1 Å². The number of piperazine rings is 1. The summed E-state index contributed by atoms with van der Waals surface area (Å²) in [5.74, 6) is -0.888. The molecule has 2 heterocycles. The number of anilines is 1. The van der Waals surface area contributed by atoms with Crippen molar-refractivity contribution in [2.75, 3.05) is 44.8 Å². The van der Waals surface area contributed by atoms with E-state index in [0.29, 0.717) is 23.7 Å². The zero-order valence-electron chi connectivity index (χ0n) is 17.6. The van der Waals surface area contributed by atoms with Crippen LogP contribution in [0.5, 0.6) is 11.5 Å². The SMILES string of the molecule is O=C(C[C@@H](CN1CCN(Cc2cccc(Cl)c2)CC1)C(=O)O)Nc1ccc2c(c1)OCO2. The third kappa shape index (κ3) is 5.91. The molecule has 2 aliphatic heterocycles. The lowest BCUT2D eigenvalue weighted by molar-refractivity contribution is -0.144. The van der Waals surface area contributed by atoms with Crippen LogP contribution in [0.4, 0.5) is 5.69 Å². The van der Waals surface area contributed by atoms with Gasteiger partial charge in [0.2, 0.25) is 12.7 Å². The maximum absolute atomic E-state index is 12.5. The van der Waals surface area contributed by atoms with Crippen molar-refractivity contribution in [2.24, 2.45) is 5.92 Å². The molecule has 9 heteroatoms. The van der Waals surface area contributed by atoms with E-state index in [2.05, 4.69) is 21.2 Å². The van der Waals surface area contributed by atoms with Crippen LogP contribution in [0.2, 0.25) is 5.02 Å². The van der Waals surface area contributed by atoms with Crippen LogP contribution >= 0.6 is 11.6 Å². The van der Waals surface area contributed by atoms with Crippen LogP contribution in [0, 0.1) is 5.92 Å². The Bertz CT molecular complexity index is 978. The molecule has 1 fully saturated rings.